The highest BCUT2D eigenvalue weighted by molar-refractivity contribution is 6.42. The van der Waals surface area contributed by atoms with Gasteiger partial charge in [-0.1, -0.05) is 42.3 Å². The van der Waals surface area contributed by atoms with Crippen LogP contribution in [0.3, 0.4) is 0 Å². The van der Waals surface area contributed by atoms with Crippen molar-refractivity contribution in [3.05, 3.63) is 33.8 Å². The Hall–Kier alpha value is -0.280. The van der Waals surface area contributed by atoms with E-state index in [1.165, 1.54) is 32.1 Å². The number of hydrogen-bond donors (Lipinski definition) is 1. The van der Waals surface area contributed by atoms with E-state index in [1.807, 2.05) is 12.1 Å². The van der Waals surface area contributed by atoms with Crippen molar-refractivity contribution in [1.29, 1.82) is 0 Å². The molecule has 0 aromatic heterocycles. The first-order valence-corrected chi connectivity index (χ1v) is 8.86. The normalized spacial score (nSPS) is 28.3. The van der Waals surface area contributed by atoms with Gasteiger partial charge in [0.05, 0.1) is 10.0 Å². The summed E-state index contributed by atoms with van der Waals surface area (Å²) < 4.78 is 0. The quantitative estimate of drug-likeness (QED) is 0.857. The highest BCUT2D eigenvalue weighted by Crippen LogP contribution is 2.32. The van der Waals surface area contributed by atoms with Gasteiger partial charge in [0.1, 0.15) is 0 Å². The van der Waals surface area contributed by atoms with E-state index < -0.39 is 0 Å². The van der Waals surface area contributed by atoms with Crippen molar-refractivity contribution in [3.8, 4) is 0 Å². The minimum Gasteiger partial charge on any atom is -0.311 e. The molecule has 3 rings (SSSR count). The van der Waals surface area contributed by atoms with Crippen LogP contribution in [-0.2, 0) is 6.54 Å². The smallest absolute Gasteiger partial charge is 0.0637 e. The Morgan fingerprint density at radius 3 is 2.57 bits per heavy atom. The maximum Gasteiger partial charge on any atom is 0.0637 e. The molecule has 116 valence electrons. The second-order valence-electron chi connectivity index (χ2n) is 6.45. The Bertz CT molecular complexity index is 480. The molecule has 0 spiro atoms. The number of nitrogens with zero attached hydrogens (tertiary/aromatic N) is 1. The Kier molecular flexibility index (Phi) is 5.11. The molecule has 4 heteroatoms. The van der Waals surface area contributed by atoms with Gasteiger partial charge in [-0.2, -0.15) is 0 Å². The summed E-state index contributed by atoms with van der Waals surface area (Å²) in [4.78, 5) is 2.61. The van der Waals surface area contributed by atoms with Crippen molar-refractivity contribution in [2.24, 2.45) is 0 Å². The van der Waals surface area contributed by atoms with Gasteiger partial charge in [-0.15, -0.1) is 0 Å². The van der Waals surface area contributed by atoms with Gasteiger partial charge < -0.3 is 5.32 Å². The lowest BCUT2D eigenvalue weighted by atomic mass is 9.97. The highest BCUT2D eigenvalue weighted by atomic mass is 35.5. The summed E-state index contributed by atoms with van der Waals surface area (Å²) in [6.07, 6.45) is 6.42. The zero-order valence-corrected chi connectivity index (χ0v) is 14.1. The summed E-state index contributed by atoms with van der Waals surface area (Å²) >= 11 is 12.5. The van der Waals surface area contributed by atoms with Crippen molar-refractivity contribution in [2.75, 3.05) is 6.54 Å². The van der Waals surface area contributed by atoms with Crippen molar-refractivity contribution in [2.45, 2.75) is 63.7 Å². The fraction of sp³-hybridized carbons (Fsp3) is 0.647. The number of benzene rings is 1. The molecule has 21 heavy (non-hydrogen) atoms. The van der Waals surface area contributed by atoms with Gasteiger partial charge in [-0.25, -0.2) is 0 Å². The largest absolute Gasteiger partial charge is 0.311 e. The number of nitrogens with one attached hydrogen (secondary N) is 1. The summed E-state index contributed by atoms with van der Waals surface area (Å²) in [6, 6.07) is 8.10. The first-order chi connectivity index (χ1) is 10.2. The molecule has 1 aromatic carbocycles. The summed E-state index contributed by atoms with van der Waals surface area (Å²) in [7, 11) is 0. The van der Waals surface area contributed by atoms with Crippen molar-refractivity contribution in [1.82, 2.24) is 10.2 Å². The molecule has 2 nitrogen and oxygen atoms in total. The van der Waals surface area contributed by atoms with E-state index in [2.05, 4.69) is 23.2 Å². The number of halogens is 2. The minimum atomic E-state index is 0.663. The molecule has 2 aliphatic rings. The second-order valence-corrected chi connectivity index (χ2v) is 7.23. The van der Waals surface area contributed by atoms with Crippen LogP contribution >= 0.6 is 23.2 Å². The molecule has 2 unspecified atom stereocenters. The van der Waals surface area contributed by atoms with Crippen LogP contribution in [0, 0.1) is 0 Å². The van der Waals surface area contributed by atoms with Crippen LogP contribution in [0.25, 0.3) is 0 Å². The third kappa shape index (κ3) is 3.56. The fourth-order valence-electron chi connectivity index (χ4n) is 3.89. The zero-order valence-electron chi connectivity index (χ0n) is 12.6. The molecule has 2 saturated heterocycles. The predicted octanol–water partition coefficient (Wildman–Crippen LogP) is 4.49. The third-order valence-corrected chi connectivity index (χ3v) is 5.74. The van der Waals surface area contributed by atoms with Crippen LogP contribution in [0.1, 0.15) is 44.6 Å². The van der Waals surface area contributed by atoms with Gasteiger partial charge in [0.2, 0.25) is 0 Å². The maximum absolute atomic E-state index is 6.38. The van der Waals surface area contributed by atoms with E-state index >= 15 is 0 Å². The minimum absolute atomic E-state index is 0.663. The third-order valence-electron chi connectivity index (χ3n) is 4.88. The van der Waals surface area contributed by atoms with Crippen molar-refractivity contribution >= 4 is 23.2 Å². The van der Waals surface area contributed by atoms with E-state index in [4.69, 9.17) is 23.2 Å². The van der Waals surface area contributed by atoms with Crippen molar-refractivity contribution in [3.63, 3.8) is 0 Å². The number of fused-ring (bicyclic) bond motifs is 2. The Balaban J connectivity index is 1.73. The molecule has 2 fully saturated rings. The van der Waals surface area contributed by atoms with Gasteiger partial charge in [-0.3, -0.25) is 4.90 Å². The number of rotatable bonds is 5. The Morgan fingerprint density at radius 1 is 1.19 bits per heavy atom. The van der Waals surface area contributed by atoms with Crippen LogP contribution < -0.4 is 5.32 Å². The SMILES string of the molecule is CCCN(Cc1cccc(Cl)c1Cl)C1CC2CCC(C1)N2. The molecule has 2 atom stereocenters. The second kappa shape index (κ2) is 6.87. The van der Waals surface area contributed by atoms with Gasteiger partial charge >= 0.3 is 0 Å². The number of piperidine rings is 1. The average molecular weight is 327 g/mol. The molecule has 0 radical (unpaired) electrons. The van der Waals surface area contributed by atoms with Crippen LogP contribution in [0.15, 0.2) is 18.2 Å². The van der Waals surface area contributed by atoms with Gasteiger partial charge in [0.25, 0.3) is 0 Å². The molecule has 2 aliphatic heterocycles. The fourth-order valence-corrected chi connectivity index (χ4v) is 4.27. The standard InChI is InChI=1S/C17H24Cl2N2/c1-2-8-21(11-12-4-3-5-16(18)17(12)19)15-9-13-6-7-14(10-15)20-13/h3-5,13-15,20H,2,6-11H2,1H3. The highest BCUT2D eigenvalue weighted by Gasteiger charge is 2.35. The summed E-state index contributed by atoms with van der Waals surface area (Å²) in [5.74, 6) is 0. The molecule has 0 aliphatic carbocycles. The average Bonchev–Trinajstić information content (AvgIpc) is 2.81. The molecule has 2 bridgehead atoms. The lowest BCUT2D eigenvalue weighted by Crippen LogP contribution is -2.48. The molecule has 1 N–H and O–H groups in total. The van der Waals surface area contributed by atoms with Crippen LogP contribution in [0.5, 0.6) is 0 Å². The number of hydrogen-bond acceptors (Lipinski definition) is 2. The lowest BCUT2D eigenvalue weighted by molar-refractivity contribution is 0.134. The van der Waals surface area contributed by atoms with Crippen LogP contribution in [-0.4, -0.2) is 29.6 Å². The van der Waals surface area contributed by atoms with E-state index in [0.717, 1.165) is 35.8 Å². The molecule has 0 amide bonds. The molecule has 0 saturated carbocycles. The first-order valence-electron chi connectivity index (χ1n) is 8.10. The van der Waals surface area contributed by atoms with Gasteiger partial charge in [0, 0.05) is 24.7 Å². The van der Waals surface area contributed by atoms with Crippen LogP contribution in [0.4, 0.5) is 0 Å². The van der Waals surface area contributed by atoms with E-state index in [0.29, 0.717) is 11.1 Å². The van der Waals surface area contributed by atoms with Gasteiger partial charge in [0.15, 0.2) is 0 Å². The molecular formula is C17H24Cl2N2. The molecule has 2 heterocycles. The molecule has 1 aromatic rings. The lowest BCUT2D eigenvalue weighted by Gasteiger charge is -2.38. The summed E-state index contributed by atoms with van der Waals surface area (Å²) in [5, 5.41) is 5.11. The molecular weight excluding hydrogens is 303 g/mol. The van der Waals surface area contributed by atoms with E-state index in [9.17, 15) is 0 Å². The topological polar surface area (TPSA) is 15.3 Å². The van der Waals surface area contributed by atoms with Gasteiger partial charge in [-0.05, 0) is 50.3 Å². The summed E-state index contributed by atoms with van der Waals surface area (Å²) in [5.41, 5.74) is 1.16. The Labute approximate surface area is 137 Å². The van der Waals surface area contributed by atoms with Crippen LogP contribution in [0.2, 0.25) is 10.0 Å². The van der Waals surface area contributed by atoms with Crippen molar-refractivity contribution < 1.29 is 0 Å². The predicted molar refractivity (Wildman–Crippen MR) is 90.1 cm³/mol. The van der Waals surface area contributed by atoms with E-state index in [1.54, 1.807) is 0 Å². The maximum atomic E-state index is 6.38. The monoisotopic (exact) mass is 326 g/mol. The zero-order chi connectivity index (χ0) is 14.8. The summed E-state index contributed by atoms with van der Waals surface area (Å²) in [6.45, 7) is 4.30. The first kappa shape index (κ1) is 15.6. The van der Waals surface area contributed by atoms with E-state index in [-0.39, 0.29) is 0 Å². The Morgan fingerprint density at radius 2 is 1.90 bits per heavy atom.